The van der Waals surface area contributed by atoms with Crippen LogP contribution >= 0.6 is 11.3 Å². The van der Waals surface area contributed by atoms with E-state index in [1.165, 1.54) is 4.88 Å². The maximum Gasteiger partial charge on any atom is 0.0798 e. The van der Waals surface area contributed by atoms with Crippen LogP contribution in [0.4, 0.5) is 0 Å². The van der Waals surface area contributed by atoms with Crippen molar-refractivity contribution < 1.29 is 4.74 Å². The van der Waals surface area contributed by atoms with Crippen LogP contribution in [0.25, 0.3) is 0 Å². The van der Waals surface area contributed by atoms with E-state index in [-0.39, 0.29) is 0 Å². The van der Waals surface area contributed by atoms with E-state index in [0.717, 1.165) is 31.8 Å². The molecule has 1 N–H and O–H groups in total. The highest BCUT2D eigenvalue weighted by Crippen LogP contribution is 2.10. The molecule has 15 heavy (non-hydrogen) atoms. The van der Waals surface area contributed by atoms with Gasteiger partial charge in [-0.3, -0.25) is 0 Å². The van der Waals surface area contributed by atoms with Gasteiger partial charge in [-0.15, -0.1) is 11.3 Å². The molecular weight excluding hydrogens is 208 g/mol. The lowest BCUT2D eigenvalue weighted by molar-refractivity contribution is 0.0770. The first-order valence-electron chi connectivity index (χ1n) is 5.41. The molecule has 0 atom stereocenters. The fourth-order valence-corrected chi connectivity index (χ4v) is 1.96. The second kappa shape index (κ2) is 6.93. The first kappa shape index (κ1) is 12.6. The monoisotopic (exact) mass is 228 g/mol. The minimum absolute atomic E-state index is 0.341. The van der Waals surface area contributed by atoms with Crippen molar-refractivity contribution in [2.75, 3.05) is 13.2 Å². The van der Waals surface area contributed by atoms with Gasteiger partial charge >= 0.3 is 0 Å². The van der Waals surface area contributed by atoms with Crippen LogP contribution in [0.1, 0.15) is 30.8 Å². The second-order valence-corrected chi connectivity index (χ2v) is 4.75. The van der Waals surface area contributed by atoms with Gasteiger partial charge in [0, 0.05) is 18.0 Å². The molecule has 0 amide bonds. The zero-order chi connectivity index (χ0) is 11.1. The Bertz CT molecular complexity index is 273. The Morgan fingerprint density at radius 2 is 2.33 bits per heavy atom. The van der Waals surface area contributed by atoms with E-state index in [1.807, 2.05) is 5.51 Å². The molecule has 0 unspecified atom stereocenters. The number of nitrogens with one attached hydrogen (secondary N) is 1. The van der Waals surface area contributed by atoms with Crippen LogP contribution in [0.2, 0.25) is 0 Å². The molecule has 1 aromatic heterocycles. The highest BCUT2D eigenvalue weighted by atomic mass is 32.1. The minimum Gasteiger partial charge on any atom is -0.379 e. The van der Waals surface area contributed by atoms with Crippen molar-refractivity contribution in [2.45, 2.75) is 39.8 Å². The molecule has 86 valence electrons. The van der Waals surface area contributed by atoms with E-state index >= 15 is 0 Å². The molecule has 0 aliphatic carbocycles. The highest BCUT2D eigenvalue weighted by Gasteiger charge is 1.99. The zero-order valence-electron chi connectivity index (χ0n) is 9.75. The van der Waals surface area contributed by atoms with Gasteiger partial charge < -0.3 is 10.1 Å². The number of hydrogen-bond acceptors (Lipinski definition) is 4. The Hall–Kier alpha value is -0.450. The van der Waals surface area contributed by atoms with Crippen molar-refractivity contribution in [3.63, 3.8) is 0 Å². The van der Waals surface area contributed by atoms with Crippen molar-refractivity contribution in [1.82, 2.24) is 10.3 Å². The van der Waals surface area contributed by atoms with Gasteiger partial charge in [-0.2, -0.15) is 0 Å². The van der Waals surface area contributed by atoms with Crippen LogP contribution in [0.5, 0.6) is 0 Å². The summed E-state index contributed by atoms with van der Waals surface area (Å²) in [5.74, 6) is 0. The molecule has 0 bridgehead atoms. The molecular formula is C11H20N2OS. The lowest BCUT2D eigenvalue weighted by Crippen LogP contribution is -2.17. The van der Waals surface area contributed by atoms with Crippen LogP contribution in [-0.2, 0) is 11.3 Å². The number of aryl methyl sites for hydroxylation is 1. The number of thiazole rings is 1. The van der Waals surface area contributed by atoms with Gasteiger partial charge in [-0.25, -0.2) is 4.98 Å². The first-order valence-corrected chi connectivity index (χ1v) is 6.29. The summed E-state index contributed by atoms with van der Waals surface area (Å²) in [5.41, 5.74) is 3.04. The molecule has 4 heteroatoms. The van der Waals surface area contributed by atoms with Gasteiger partial charge in [0.05, 0.1) is 17.3 Å². The van der Waals surface area contributed by atoms with Crippen molar-refractivity contribution in [3.05, 3.63) is 16.1 Å². The van der Waals surface area contributed by atoms with Gasteiger partial charge in [-0.1, -0.05) is 0 Å². The van der Waals surface area contributed by atoms with Crippen molar-refractivity contribution in [2.24, 2.45) is 0 Å². The Morgan fingerprint density at radius 1 is 1.53 bits per heavy atom. The molecule has 1 heterocycles. The third-order valence-electron chi connectivity index (χ3n) is 2.08. The van der Waals surface area contributed by atoms with Gasteiger partial charge in [0.1, 0.15) is 0 Å². The van der Waals surface area contributed by atoms with Crippen LogP contribution in [0.3, 0.4) is 0 Å². The Kier molecular flexibility index (Phi) is 5.83. The largest absolute Gasteiger partial charge is 0.379 e. The maximum absolute atomic E-state index is 5.45. The Morgan fingerprint density at radius 3 is 2.93 bits per heavy atom. The zero-order valence-corrected chi connectivity index (χ0v) is 10.6. The minimum atomic E-state index is 0.341. The van der Waals surface area contributed by atoms with Crippen molar-refractivity contribution >= 4 is 11.3 Å². The summed E-state index contributed by atoms with van der Waals surface area (Å²) in [6, 6.07) is 0. The van der Waals surface area contributed by atoms with E-state index in [0.29, 0.717) is 6.10 Å². The maximum atomic E-state index is 5.45. The topological polar surface area (TPSA) is 34.2 Å². The molecule has 0 saturated heterocycles. The molecule has 0 aliphatic heterocycles. The molecule has 1 aromatic rings. The molecule has 0 aliphatic rings. The lowest BCUT2D eigenvalue weighted by atomic mass is 10.3. The fraction of sp³-hybridized carbons (Fsp3) is 0.727. The first-order chi connectivity index (χ1) is 7.20. The average molecular weight is 228 g/mol. The molecule has 0 radical (unpaired) electrons. The molecule has 0 fully saturated rings. The van der Waals surface area contributed by atoms with Crippen LogP contribution < -0.4 is 5.32 Å². The summed E-state index contributed by atoms with van der Waals surface area (Å²) in [5, 5.41) is 3.39. The molecule has 0 saturated carbocycles. The molecule has 3 nitrogen and oxygen atoms in total. The summed E-state index contributed by atoms with van der Waals surface area (Å²) in [6.07, 6.45) is 1.41. The van der Waals surface area contributed by atoms with E-state index in [1.54, 1.807) is 11.3 Å². The second-order valence-electron chi connectivity index (χ2n) is 3.81. The summed E-state index contributed by atoms with van der Waals surface area (Å²) in [6.45, 7) is 8.95. The average Bonchev–Trinajstić information content (AvgIpc) is 2.57. The number of nitrogens with zero attached hydrogens (tertiary/aromatic N) is 1. The Labute approximate surface area is 95.9 Å². The summed E-state index contributed by atoms with van der Waals surface area (Å²) < 4.78 is 5.45. The smallest absolute Gasteiger partial charge is 0.0798 e. The molecule has 0 spiro atoms. The number of ether oxygens (including phenoxy) is 1. The van der Waals surface area contributed by atoms with Crippen molar-refractivity contribution in [3.8, 4) is 0 Å². The SMILES string of the molecule is Cc1ncsc1CNCCCOC(C)C. The van der Waals surface area contributed by atoms with Crippen LogP contribution in [0.15, 0.2) is 5.51 Å². The predicted molar refractivity (Wildman–Crippen MR) is 64.3 cm³/mol. The number of aromatic nitrogens is 1. The quantitative estimate of drug-likeness (QED) is 0.727. The van der Waals surface area contributed by atoms with Gasteiger partial charge in [-0.05, 0) is 33.7 Å². The molecule has 0 aromatic carbocycles. The van der Waals surface area contributed by atoms with Crippen molar-refractivity contribution in [1.29, 1.82) is 0 Å². The third kappa shape index (κ3) is 5.25. The Balaban J connectivity index is 2.00. The van der Waals surface area contributed by atoms with Gasteiger partial charge in [0.25, 0.3) is 0 Å². The predicted octanol–water partition coefficient (Wildman–Crippen LogP) is 2.36. The summed E-state index contributed by atoms with van der Waals surface area (Å²) in [7, 11) is 0. The highest BCUT2D eigenvalue weighted by molar-refractivity contribution is 7.09. The normalized spacial score (nSPS) is 11.2. The fourth-order valence-electron chi connectivity index (χ4n) is 1.21. The van der Waals surface area contributed by atoms with E-state index in [2.05, 4.69) is 31.1 Å². The van der Waals surface area contributed by atoms with Gasteiger partial charge in [0.15, 0.2) is 0 Å². The lowest BCUT2D eigenvalue weighted by Gasteiger charge is -2.07. The number of hydrogen-bond donors (Lipinski definition) is 1. The van der Waals surface area contributed by atoms with E-state index in [9.17, 15) is 0 Å². The molecule has 1 rings (SSSR count). The van der Waals surface area contributed by atoms with Crippen LogP contribution in [0, 0.1) is 6.92 Å². The van der Waals surface area contributed by atoms with E-state index in [4.69, 9.17) is 4.74 Å². The van der Waals surface area contributed by atoms with E-state index < -0.39 is 0 Å². The standard InChI is InChI=1S/C11H20N2OS/c1-9(2)14-6-4-5-12-7-11-10(3)13-8-15-11/h8-9,12H,4-7H2,1-3H3. The van der Waals surface area contributed by atoms with Gasteiger partial charge in [0.2, 0.25) is 0 Å². The summed E-state index contributed by atoms with van der Waals surface area (Å²) >= 11 is 1.71. The third-order valence-corrected chi connectivity index (χ3v) is 3.01. The summed E-state index contributed by atoms with van der Waals surface area (Å²) in [4.78, 5) is 5.54. The van der Waals surface area contributed by atoms with Crippen LogP contribution in [-0.4, -0.2) is 24.2 Å². The number of rotatable bonds is 7.